The Balaban J connectivity index is 2.01. The van der Waals surface area contributed by atoms with Crippen LogP contribution in [-0.4, -0.2) is 19.3 Å². The summed E-state index contributed by atoms with van der Waals surface area (Å²) in [5.41, 5.74) is 4.11. The normalized spacial score (nSPS) is 22.6. The van der Waals surface area contributed by atoms with Crippen LogP contribution in [0.3, 0.4) is 0 Å². The molecule has 0 aliphatic carbocycles. The Kier molecular flexibility index (Phi) is 3.72. The van der Waals surface area contributed by atoms with Gasteiger partial charge in [-0.05, 0) is 61.9 Å². The molecular formula is C15H22O2. The van der Waals surface area contributed by atoms with E-state index in [4.69, 9.17) is 9.47 Å². The van der Waals surface area contributed by atoms with Gasteiger partial charge in [0, 0.05) is 0 Å². The number of hydrogen-bond donors (Lipinski definition) is 0. The van der Waals surface area contributed by atoms with Crippen LogP contribution in [0.4, 0.5) is 0 Å². The molecule has 1 saturated heterocycles. The first-order valence-corrected chi connectivity index (χ1v) is 6.45. The number of ether oxygens (including phenoxy) is 2. The van der Waals surface area contributed by atoms with Crippen LogP contribution in [-0.2, 0) is 11.2 Å². The van der Waals surface area contributed by atoms with Crippen LogP contribution < -0.4 is 4.74 Å². The van der Waals surface area contributed by atoms with E-state index in [2.05, 4.69) is 32.9 Å². The Hall–Kier alpha value is -1.02. The maximum atomic E-state index is 5.59. The Labute approximate surface area is 104 Å². The van der Waals surface area contributed by atoms with E-state index in [1.807, 2.05) is 0 Å². The van der Waals surface area contributed by atoms with Crippen molar-refractivity contribution in [3.63, 3.8) is 0 Å². The number of epoxide rings is 1. The summed E-state index contributed by atoms with van der Waals surface area (Å²) in [5, 5.41) is 0. The van der Waals surface area contributed by atoms with Crippen molar-refractivity contribution in [2.24, 2.45) is 0 Å². The molecule has 1 aliphatic heterocycles. The molecule has 1 aromatic carbocycles. The van der Waals surface area contributed by atoms with Gasteiger partial charge in [-0.15, -0.1) is 0 Å². The predicted octanol–water partition coefficient (Wildman–Crippen LogP) is 3.42. The number of aryl methyl sites for hydroxylation is 2. The lowest BCUT2D eigenvalue weighted by atomic mass is 9.97. The average molecular weight is 234 g/mol. The molecule has 0 spiro atoms. The van der Waals surface area contributed by atoms with Gasteiger partial charge in [0.05, 0.1) is 19.3 Å². The Morgan fingerprint density at radius 3 is 2.29 bits per heavy atom. The highest BCUT2D eigenvalue weighted by Crippen LogP contribution is 2.31. The first-order valence-electron chi connectivity index (χ1n) is 6.45. The smallest absolute Gasteiger partial charge is 0.119 e. The van der Waals surface area contributed by atoms with Crippen LogP contribution in [0.2, 0.25) is 0 Å². The van der Waals surface area contributed by atoms with Crippen LogP contribution in [0.1, 0.15) is 36.5 Å². The first-order chi connectivity index (χ1) is 8.15. The maximum Gasteiger partial charge on any atom is 0.119 e. The molecule has 1 fully saturated rings. The van der Waals surface area contributed by atoms with Gasteiger partial charge in [-0.3, -0.25) is 0 Å². The summed E-state index contributed by atoms with van der Waals surface area (Å²) in [7, 11) is 1.72. The summed E-state index contributed by atoms with van der Waals surface area (Å²) >= 11 is 0. The van der Waals surface area contributed by atoms with Gasteiger partial charge < -0.3 is 9.47 Å². The third-order valence-electron chi connectivity index (χ3n) is 3.67. The monoisotopic (exact) mass is 234 g/mol. The molecule has 94 valence electrons. The molecule has 2 atom stereocenters. The lowest BCUT2D eigenvalue weighted by molar-refractivity contribution is 0.359. The number of benzene rings is 1. The van der Waals surface area contributed by atoms with Crippen LogP contribution >= 0.6 is 0 Å². The van der Waals surface area contributed by atoms with Crippen LogP contribution in [0.25, 0.3) is 0 Å². The zero-order valence-corrected chi connectivity index (χ0v) is 11.2. The van der Waals surface area contributed by atoms with Crippen molar-refractivity contribution >= 4 is 0 Å². The van der Waals surface area contributed by atoms with E-state index in [0.717, 1.165) is 25.0 Å². The molecule has 2 rings (SSSR count). The molecule has 0 saturated carbocycles. The Morgan fingerprint density at radius 2 is 1.82 bits per heavy atom. The number of hydrogen-bond acceptors (Lipinski definition) is 2. The molecule has 17 heavy (non-hydrogen) atoms. The molecule has 2 unspecified atom stereocenters. The summed E-state index contributed by atoms with van der Waals surface area (Å²) in [4.78, 5) is 0. The van der Waals surface area contributed by atoms with Gasteiger partial charge in [0.2, 0.25) is 0 Å². The number of rotatable bonds is 5. The highest BCUT2D eigenvalue weighted by Gasteiger charge is 2.36. The van der Waals surface area contributed by atoms with Gasteiger partial charge >= 0.3 is 0 Å². The molecule has 0 radical (unpaired) electrons. The minimum atomic E-state index is 0.501. The van der Waals surface area contributed by atoms with Gasteiger partial charge in [-0.25, -0.2) is 0 Å². The molecule has 2 nitrogen and oxygen atoms in total. The summed E-state index contributed by atoms with van der Waals surface area (Å²) < 4.78 is 10.9. The van der Waals surface area contributed by atoms with E-state index in [-0.39, 0.29) is 0 Å². The van der Waals surface area contributed by atoms with Crippen molar-refractivity contribution in [2.45, 2.75) is 52.2 Å². The van der Waals surface area contributed by atoms with Crippen molar-refractivity contribution in [3.8, 4) is 5.75 Å². The summed E-state index contributed by atoms with van der Waals surface area (Å²) in [6, 6.07) is 4.24. The van der Waals surface area contributed by atoms with E-state index in [9.17, 15) is 0 Å². The zero-order valence-electron chi connectivity index (χ0n) is 11.2. The summed E-state index contributed by atoms with van der Waals surface area (Å²) in [6.45, 7) is 6.51. The average Bonchev–Trinajstić information content (AvgIpc) is 3.06. The summed E-state index contributed by atoms with van der Waals surface area (Å²) in [5.74, 6) is 0.956. The van der Waals surface area contributed by atoms with E-state index in [0.29, 0.717) is 12.2 Å². The van der Waals surface area contributed by atoms with Crippen LogP contribution in [0.5, 0.6) is 5.75 Å². The summed E-state index contributed by atoms with van der Waals surface area (Å²) in [6.07, 6.45) is 4.43. The molecule has 0 amide bonds. The minimum absolute atomic E-state index is 0.501. The largest absolute Gasteiger partial charge is 0.497 e. The second kappa shape index (κ2) is 5.09. The highest BCUT2D eigenvalue weighted by molar-refractivity contribution is 5.41. The molecule has 0 aromatic heterocycles. The quantitative estimate of drug-likeness (QED) is 0.728. The maximum absolute atomic E-state index is 5.59. The molecule has 1 heterocycles. The lowest BCUT2D eigenvalue weighted by Crippen LogP contribution is -2.00. The molecule has 2 heteroatoms. The van der Waals surface area contributed by atoms with Gasteiger partial charge in [0.25, 0.3) is 0 Å². The molecule has 0 N–H and O–H groups in total. The molecule has 0 bridgehead atoms. The molecule has 1 aromatic rings. The number of methoxy groups -OCH3 is 1. The molecular weight excluding hydrogens is 212 g/mol. The van der Waals surface area contributed by atoms with Crippen LogP contribution in [0.15, 0.2) is 12.1 Å². The third kappa shape index (κ3) is 2.81. The van der Waals surface area contributed by atoms with Crippen molar-refractivity contribution in [1.29, 1.82) is 0 Å². The SMILES string of the molecule is CCC1OC1CCc1c(C)cc(OC)cc1C. The van der Waals surface area contributed by atoms with Gasteiger partial charge in [0.1, 0.15) is 5.75 Å². The topological polar surface area (TPSA) is 21.8 Å². The molecule has 1 aliphatic rings. The Morgan fingerprint density at radius 1 is 1.18 bits per heavy atom. The van der Waals surface area contributed by atoms with E-state index in [1.165, 1.54) is 16.7 Å². The van der Waals surface area contributed by atoms with Crippen molar-refractivity contribution in [1.82, 2.24) is 0 Å². The van der Waals surface area contributed by atoms with E-state index < -0.39 is 0 Å². The van der Waals surface area contributed by atoms with E-state index >= 15 is 0 Å². The van der Waals surface area contributed by atoms with E-state index in [1.54, 1.807) is 7.11 Å². The van der Waals surface area contributed by atoms with Gasteiger partial charge in [0.15, 0.2) is 0 Å². The fraction of sp³-hybridized carbons (Fsp3) is 0.600. The second-order valence-corrected chi connectivity index (χ2v) is 4.90. The van der Waals surface area contributed by atoms with Gasteiger partial charge in [-0.2, -0.15) is 0 Å². The first kappa shape index (κ1) is 12.4. The predicted molar refractivity (Wildman–Crippen MR) is 69.7 cm³/mol. The van der Waals surface area contributed by atoms with Gasteiger partial charge in [-0.1, -0.05) is 6.92 Å². The fourth-order valence-corrected chi connectivity index (χ4v) is 2.54. The van der Waals surface area contributed by atoms with Crippen LogP contribution in [0, 0.1) is 13.8 Å². The fourth-order valence-electron chi connectivity index (χ4n) is 2.54. The zero-order chi connectivity index (χ0) is 12.4. The standard InChI is InChI=1S/C15H22O2/c1-5-14-15(17-14)7-6-13-10(2)8-12(16-4)9-11(13)3/h8-9,14-15H,5-7H2,1-4H3. The lowest BCUT2D eigenvalue weighted by Gasteiger charge is -2.11. The highest BCUT2D eigenvalue weighted by atomic mass is 16.6. The van der Waals surface area contributed by atoms with Crippen molar-refractivity contribution in [3.05, 3.63) is 28.8 Å². The Bertz CT molecular complexity index is 375. The van der Waals surface area contributed by atoms with Crippen molar-refractivity contribution < 1.29 is 9.47 Å². The third-order valence-corrected chi connectivity index (χ3v) is 3.67. The minimum Gasteiger partial charge on any atom is -0.497 e. The second-order valence-electron chi connectivity index (χ2n) is 4.90. The van der Waals surface area contributed by atoms with Crippen molar-refractivity contribution in [2.75, 3.05) is 7.11 Å².